The summed E-state index contributed by atoms with van der Waals surface area (Å²) in [5, 5.41) is 0.585. The minimum Gasteiger partial charge on any atom is -0.273 e. The number of alkyl halides is 3. The number of fused-ring (bicyclic) bond motifs is 1. The van der Waals surface area contributed by atoms with Crippen LogP contribution in [0.3, 0.4) is 0 Å². The van der Waals surface area contributed by atoms with Gasteiger partial charge >= 0.3 is 6.18 Å². The lowest BCUT2D eigenvalue weighted by Crippen LogP contribution is -2.35. The van der Waals surface area contributed by atoms with Crippen molar-refractivity contribution >= 4 is 28.6 Å². The van der Waals surface area contributed by atoms with Crippen molar-refractivity contribution in [3.05, 3.63) is 70.0 Å². The molecule has 1 N–H and O–H groups in total. The number of halogens is 3. The number of thioether (sulfide) groups is 1. The van der Waals surface area contributed by atoms with Gasteiger partial charge in [0.1, 0.15) is 0 Å². The van der Waals surface area contributed by atoms with Gasteiger partial charge < -0.3 is 0 Å². The van der Waals surface area contributed by atoms with Gasteiger partial charge in [0.15, 0.2) is 5.16 Å². The molecule has 1 aliphatic rings. The third-order valence-electron chi connectivity index (χ3n) is 5.86. The van der Waals surface area contributed by atoms with Gasteiger partial charge in [-0.1, -0.05) is 67.8 Å². The maximum Gasteiger partial charge on any atom is 0.416 e. The molecule has 3 aromatic rings. The Morgan fingerprint density at radius 1 is 1.12 bits per heavy atom. The van der Waals surface area contributed by atoms with E-state index in [0.29, 0.717) is 28.8 Å². The summed E-state index contributed by atoms with van der Waals surface area (Å²) in [4.78, 5) is 30.2. The van der Waals surface area contributed by atoms with E-state index < -0.39 is 17.3 Å². The Morgan fingerprint density at radius 2 is 1.88 bits per heavy atom. The van der Waals surface area contributed by atoms with Crippen LogP contribution in [0.15, 0.2) is 58.5 Å². The van der Waals surface area contributed by atoms with Gasteiger partial charge in [-0.05, 0) is 36.1 Å². The third kappa shape index (κ3) is 5.76. The van der Waals surface area contributed by atoms with E-state index >= 15 is 0 Å². The van der Waals surface area contributed by atoms with Crippen LogP contribution in [0, 0.1) is 5.92 Å². The Bertz CT molecular complexity index is 1200. The third-order valence-corrected chi connectivity index (χ3v) is 6.87. The van der Waals surface area contributed by atoms with Crippen molar-refractivity contribution < 1.29 is 18.0 Å². The van der Waals surface area contributed by atoms with Gasteiger partial charge in [-0.2, -0.15) is 17.8 Å². The van der Waals surface area contributed by atoms with Gasteiger partial charge in [-0.25, -0.2) is 4.98 Å². The number of benzene rings is 2. The highest BCUT2D eigenvalue weighted by Gasteiger charge is 2.30. The summed E-state index contributed by atoms with van der Waals surface area (Å²) in [6.07, 6.45) is 1.28. The number of amides is 1. The minimum atomic E-state index is -4.43. The van der Waals surface area contributed by atoms with Crippen LogP contribution >= 0.6 is 11.8 Å². The van der Waals surface area contributed by atoms with Crippen molar-refractivity contribution in [2.75, 3.05) is 5.43 Å². The molecule has 1 fully saturated rings. The van der Waals surface area contributed by atoms with Crippen LogP contribution < -0.4 is 11.0 Å². The van der Waals surface area contributed by atoms with Crippen molar-refractivity contribution in [1.82, 2.24) is 9.66 Å². The lowest BCUT2D eigenvalue weighted by Gasteiger charge is -2.15. The van der Waals surface area contributed by atoms with E-state index in [1.165, 1.54) is 18.9 Å². The smallest absolute Gasteiger partial charge is 0.273 e. The Hall–Kier alpha value is -2.81. The Labute approximate surface area is 193 Å². The highest BCUT2D eigenvalue weighted by atomic mass is 32.2. The maximum absolute atomic E-state index is 13.1. The number of carbonyl (C=O) groups is 1. The second kappa shape index (κ2) is 9.99. The number of nitrogens with zero attached hydrogens (tertiary/aromatic N) is 2. The molecular formula is C24H24F3N3O2S. The molecule has 1 aromatic heterocycles. The Kier molecular flexibility index (Phi) is 7.07. The van der Waals surface area contributed by atoms with Gasteiger partial charge in [0.2, 0.25) is 5.91 Å². The molecule has 5 nitrogen and oxygen atoms in total. The number of hydrogen-bond acceptors (Lipinski definition) is 4. The molecule has 33 heavy (non-hydrogen) atoms. The molecule has 1 aliphatic carbocycles. The predicted octanol–water partition coefficient (Wildman–Crippen LogP) is 5.75. The average molecular weight is 476 g/mol. The summed E-state index contributed by atoms with van der Waals surface area (Å²) in [7, 11) is 0. The van der Waals surface area contributed by atoms with Gasteiger partial charge in [0, 0.05) is 12.2 Å². The molecule has 0 atom stereocenters. The molecule has 0 unspecified atom stereocenters. The number of carbonyl (C=O) groups excluding carboxylic acids is 1. The number of rotatable bonds is 7. The summed E-state index contributed by atoms with van der Waals surface area (Å²) < 4.78 is 40.2. The van der Waals surface area contributed by atoms with Gasteiger partial charge in [-0.3, -0.25) is 15.0 Å². The summed E-state index contributed by atoms with van der Waals surface area (Å²) >= 11 is 1.10. The van der Waals surface area contributed by atoms with E-state index in [2.05, 4.69) is 10.4 Å². The first-order chi connectivity index (χ1) is 15.8. The first kappa shape index (κ1) is 23.4. The normalized spacial score (nSPS) is 14.6. The van der Waals surface area contributed by atoms with Crippen LogP contribution in [0.1, 0.15) is 49.7 Å². The minimum absolute atomic E-state index is 0.159. The number of para-hydroxylation sites is 1. The van der Waals surface area contributed by atoms with E-state index in [1.54, 1.807) is 30.3 Å². The average Bonchev–Trinajstić information content (AvgIpc) is 3.32. The van der Waals surface area contributed by atoms with Gasteiger partial charge in [0.05, 0.1) is 16.5 Å². The molecule has 0 spiro atoms. The quantitative estimate of drug-likeness (QED) is 0.349. The van der Waals surface area contributed by atoms with Crippen molar-refractivity contribution in [3.63, 3.8) is 0 Å². The standard InChI is InChI=1S/C24H24F3N3O2S/c25-24(26,27)18-9-5-8-17(14-18)15-33-23-28-20-11-4-3-10-19(20)22(32)30(23)29-21(31)13-12-16-6-1-2-7-16/h3-5,8-11,14,16H,1-2,6-7,12-13,15H2,(H,29,31). The molecule has 2 aromatic carbocycles. The van der Waals surface area contributed by atoms with Gasteiger partial charge in [-0.15, -0.1) is 0 Å². The molecule has 1 saturated carbocycles. The molecule has 0 aliphatic heterocycles. The molecule has 9 heteroatoms. The largest absolute Gasteiger partial charge is 0.416 e. The summed E-state index contributed by atoms with van der Waals surface area (Å²) in [6.45, 7) is 0. The summed E-state index contributed by atoms with van der Waals surface area (Å²) in [6, 6.07) is 11.8. The van der Waals surface area contributed by atoms with Crippen molar-refractivity contribution in [3.8, 4) is 0 Å². The van der Waals surface area contributed by atoms with E-state index in [0.717, 1.165) is 47.8 Å². The fourth-order valence-electron chi connectivity index (χ4n) is 4.11. The lowest BCUT2D eigenvalue weighted by molar-refractivity contribution is -0.137. The zero-order valence-corrected chi connectivity index (χ0v) is 18.7. The van der Waals surface area contributed by atoms with Crippen LogP contribution in [0.5, 0.6) is 0 Å². The Morgan fingerprint density at radius 3 is 2.64 bits per heavy atom. The Balaban J connectivity index is 1.57. The zero-order chi connectivity index (χ0) is 23.4. The number of nitrogens with one attached hydrogen (secondary N) is 1. The second-order valence-electron chi connectivity index (χ2n) is 8.26. The summed E-state index contributed by atoms with van der Waals surface area (Å²) in [5.41, 5.74) is 2.43. The fourth-order valence-corrected chi connectivity index (χ4v) is 5.00. The zero-order valence-electron chi connectivity index (χ0n) is 17.9. The van der Waals surface area contributed by atoms with Crippen LogP contribution in [-0.2, 0) is 16.7 Å². The van der Waals surface area contributed by atoms with Crippen LogP contribution in [-0.4, -0.2) is 15.6 Å². The summed E-state index contributed by atoms with van der Waals surface area (Å²) in [5.74, 6) is 0.422. The topological polar surface area (TPSA) is 64.0 Å². The van der Waals surface area contributed by atoms with Crippen molar-refractivity contribution in [2.45, 2.75) is 55.6 Å². The SMILES string of the molecule is O=C(CCC1CCCC1)Nn1c(SCc2cccc(C(F)(F)F)c2)nc2ccccc2c1=O. The highest BCUT2D eigenvalue weighted by Crippen LogP contribution is 2.31. The molecule has 0 radical (unpaired) electrons. The lowest BCUT2D eigenvalue weighted by atomic mass is 10.0. The maximum atomic E-state index is 13.1. The van der Waals surface area contributed by atoms with Crippen molar-refractivity contribution in [1.29, 1.82) is 0 Å². The van der Waals surface area contributed by atoms with Crippen molar-refractivity contribution in [2.24, 2.45) is 5.92 Å². The molecule has 1 heterocycles. The fraction of sp³-hybridized carbons (Fsp3) is 0.375. The first-order valence-electron chi connectivity index (χ1n) is 10.9. The van der Waals surface area contributed by atoms with E-state index in [1.807, 2.05) is 0 Å². The monoisotopic (exact) mass is 475 g/mol. The van der Waals surface area contributed by atoms with E-state index in [4.69, 9.17) is 0 Å². The highest BCUT2D eigenvalue weighted by molar-refractivity contribution is 7.98. The molecule has 4 rings (SSSR count). The first-order valence-corrected chi connectivity index (χ1v) is 11.9. The van der Waals surface area contributed by atoms with Crippen LogP contribution in [0.25, 0.3) is 10.9 Å². The van der Waals surface area contributed by atoms with E-state index in [-0.39, 0.29) is 16.8 Å². The van der Waals surface area contributed by atoms with Crippen LogP contribution in [0.4, 0.5) is 13.2 Å². The molecule has 0 bridgehead atoms. The molecule has 0 saturated heterocycles. The van der Waals surface area contributed by atoms with E-state index in [9.17, 15) is 22.8 Å². The molecule has 174 valence electrons. The molecule has 1 amide bonds. The number of aromatic nitrogens is 2. The second-order valence-corrected chi connectivity index (χ2v) is 9.21. The molecular weight excluding hydrogens is 451 g/mol. The van der Waals surface area contributed by atoms with Crippen LogP contribution in [0.2, 0.25) is 0 Å². The van der Waals surface area contributed by atoms with Gasteiger partial charge in [0.25, 0.3) is 5.56 Å². The predicted molar refractivity (Wildman–Crippen MR) is 123 cm³/mol. The number of hydrogen-bond donors (Lipinski definition) is 1.